The first-order chi connectivity index (χ1) is 6.24. The van der Waals surface area contributed by atoms with Crippen molar-refractivity contribution in [2.24, 2.45) is 11.5 Å². The number of benzene rings is 1. The van der Waals surface area contributed by atoms with Crippen LogP contribution in [-0.2, 0) is 6.42 Å². The summed E-state index contributed by atoms with van der Waals surface area (Å²) in [5, 5.41) is 9.34. The summed E-state index contributed by atoms with van der Waals surface area (Å²) in [6, 6.07) is 9.57. The van der Waals surface area contributed by atoms with Crippen molar-refractivity contribution in [1.29, 1.82) is 0 Å². The number of hydrogen-bond acceptors (Lipinski definition) is 3. The van der Waals surface area contributed by atoms with Crippen LogP contribution in [0.3, 0.4) is 0 Å². The monoisotopic (exact) mass is 180 g/mol. The quantitative estimate of drug-likeness (QED) is 0.604. The Morgan fingerprint density at radius 1 is 1.23 bits per heavy atom. The van der Waals surface area contributed by atoms with Crippen molar-refractivity contribution in [1.82, 2.24) is 0 Å². The first-order valence-electron chi connectivity index (χ1n) is 4.41. The van der Waals surface area contributed by atoms with Crippen LogP contribution in [0.2, 0.25) is 0 Å². The Kier molecular flexibility index (Phi) is 3.89. The summed E-state index contributed by atoms with van der Waals surface area (Å²) in [5.74, 6) is 0. The van der Waals surface area contributed by atoms with Crippen molar-refractivity contribution in [3.8, 4) is 0 Å². The molecule has 0 aromatic heterocycles. The molecule has 0 heterocycles. The Bertz CT molecular complexity index is 238. The Morgan fingerprint density at radius 2 is 1.85 bits per heavy atom. The van der Waals surface area contributed by atoms with E-state index in [2.05, 4.69) is 0 Å². The van der Waals surface area contributed by atoms with E-state index >= 15 is 0 Å². The van der Waals surface area contributed by atoms with E-state index < -0.39 is 6.10 Å². The second-order valence-corrected chi connectivity index (χ2v) is 3.16. The zero-order valence-electron chi connectivity index (χ0n) is 7.56. The second-order valence-electron chi connectivity index (χ2n) is 3.16. The predicted octanol–water partition coefficient (Wildman–Crippen LogP) is -0.124. The summed E-state index contributed by atoms with van der Waals surface area (Å²) >= 11 is 0. The van der Waals surface area contributed by atoms with Gasteiger partial charge in [0.1, 0.15) is 0 Å². The van der Waals surface area contributed by atoms with E-state index in [0.29, 0.717) is 6.42 Å². The maximum Gasteiger partial charge on any atom is 0.0816 e. The molecule has 0 spiro atoms. The molecule has 0 bridgehead atoms. The summed E-state index contributed by atoms with van der Waals surface area (Å²) < 4.78 is 0. The third-order valence-corrected chi connectivity index (χ3v) is 2.05. The molecule has 13 heavy (non-hydrogen) atoms. The molecule has 0 aliphatic carbocycles. The van der Waals surface area contributed by atoms with Crippen molar-refractivity contribution in [3.63, 3.8) is 0 Å². The zero-order valence-corrected chi connectivity index (χ0v) is 7.56. The van der Waals surface area contributed by atoms with Crippen LogP contribution >= 0.6 is 0 Å². The lowest BCUT2D eigenvalue weighted by Gasteiger charge is -2.16. The van der Waals surface area contributed by atoms with E-state index in [9.17, 15) is 5.11 Å². The van der Waals surface area contributed by atoms with Crippen molar-refractivity contribution < 1.29 is 5.11 Å². The van der Waals surface area contributed by atoms with E-state index in [0.717, 1.165) is 5.56 Å². The van der Waals surface area contributed by atoms with Gasteiger partial charge < -0.3 is 16.6 Å². The molecule has 1 rings (SSSR count). The fourth-order valence-corrected chi connectivity index (χ4v) is 1.20. The Morgan fingerprint density at radius 3 is 2.38 bits per heavy atom. The van der Waals surface area contributed by atoms with E-state index in [1.165, 1.54) is 0 Å². The molecular formula is C10H16N2O. The lowest BCUT2D eigenvalue weighted by atomic mass is 10.0. The minimum absolute atomic E-state index is 0.216. The fourth-order valence-electron chi connectivity index (χ4n) is 1.20. The third kappa shape index (κ3) is 3.14. The molecule has 0 saturated carbocycles. The predicted molar refractivity (Wildman–Crippen MR) is 53.2 cm³/mol. The Labute approximate surface area is 78.4 Å². The summed E-state index contributed by atoms with van der Waals surface area (Å²) in [5.41, 5.74) is 12.2. The molecule has 3 heteroatoms. The molecular weight excluding hydrogens is 164 g/mol. The zero-order chi connectivity index (χ0) is 9.68. The van der Waals surface area contributed by atoms with Gasteiger partial charge in [0.05, 0.1) is 6.10 Å². The number of aliphatic hydroxyl groups excluding tert-OH is 1. The van der Waals surface area contributed by atoms with Crippen molar-refractivity contribution >= 4 is 0 Å². The maximum atomic E-state index is 9.34. The van der Waals surface area contributed by atoms with Crippen molar-refractivity contribution in [2.45, 2.75) is 18.6 Å². The van der Waals surface area contributed by atoms with Gasteiger partial charge in [-0.05, 0) is 12.0 Å². The van der Waals surface area contributed by atoms with Crippen LogP contribution in [0.5, 0.6) is 0 Å². The van der Waals surface area contributed by atoms with Gasteiger partial charge in [-0.15, -0.1) is 0 Å². The molecule has 0 aliphatic heterocycles. The number of aliphatic hydroxyl groups is 1. The molecule has 1 aromatic rings. The SMILES string of the molecule is NCC(O)[C@@H](N)Cc1ccccc1. The van der Waals surface area contributed by atoms with Crippen LogP contribution in [0.25, 0.3) is 0 Å². The third-order valence-electron chi connectivity index (χ3n) is 2.05. The highest BCUT2D eigenvalue weighted by Crippen LogP contribution is 2.03. The topological polar surface area (TPSA) is 72.3 Å². The normalized spacial score (nSPS) is 15.3. The lowest BCUT2D eigenvalue weighted by molar-refractivity contribution is 0.152. The highest BCUT2D eigenvalue weighted by atomic mass is 16.3. The average molecular weight is 180 g/mol. The molecule has 0 aliphatic rings. The smallest absolute Gasteiger partial charge is 0.0816 e. The van der Waals surface area contributed by atoms with Crippen molar-refractivity contribution in [2.75, 3.05) is 6.54 Å². The van der Waals surface area contributed by atoms with Crippen LogP contribution in [0, 0.1) is 0 Å². The Balaban J connectivity index is 2.50. The minimum atomic E-state index is -0.611. The van der Waals surface area contributed by atoms with Gasteiger partial charge in [-0.1, -0.05) is 30.3 Å². The molecule has 0 saturated heterocycles. The molecule has 0 fully saturated rings. The number of rotatable bonds is 4. The van der Waals surface area contributed by atoms with Gasteiger partial charge >= 0.3 is 0 Å². The summed E-state index contributed by atoms with van der Waals surface area (Å²) in [4.78, 5) is 0. The summed E-state index contributed by atoms with van der Waals surface area (Å²) in [6.07, 6.45) is 0.0550. The van der Waals surface area contributed by atoms with Gasteiger partial charge in [0.25, 0.3) is 0 Å². The van der Waals surface area contributed by atoms with Crippen LogP contribution in [-0.4, -0.2) is 23.8 Å². The highest BCUT2D eigenvalue weighted by molar-refractivity contribution is 5.16. The van der Waals surface area contributed by atoms with E-state index in [-0.39, 0.29) is 12.6 Å². The fraction of sp³-hybridized carbons (Fsp3) is 0.400. The lowest BCUT2D eigenvalue weighted by Crippen LogP contribution is -2.41. The van der Waals surface area contributed by atoms with Gasteiger partial charge in [0, 0.05) is 12.6 Å². The number of hydrogen-bond donors (Lipinski definition) is 3. The van der Waals surface area contributed by atoms with Gasteiger partial charge in [0.15, 0.2) is 0 Å². The molecule has 72 valence electrons. The van der Waals surface area contributed by atoms with Gasteiger partial charge in [-0.25, -0.2) is 0 Å². The Hall–Kier alpha value is -0.900. The highest BCUT2D eigenvalue weighted by Gasteiger charge is 2.12. The molecule has 0 amide bonds. The van der Waals surface area contributed by atoms with Crippen LogP contribution < -0.4 is 11.5 Å². The standard InChI is InChI=1S/C10H16N2O/c11-7-10(13)9(12)6-8-4-2-1-3-5-8/h1-5,9-10,13H,6-7,11-12H2/t9-,10?/m0/s1. The molecule has 1 aromatic carbocycles. The molecule has 5 N–H and O–H groups in total. The first kappa shape index (κ1) is 10.2. The number of nitrogens with two attached hydrogens (primary N) is 2. The minimum Gasteiger partial charge on any atom is -0.390 e. The molecule has 1 unspecified atom stereocenters. The van der Waals surface area contributed by atoms with Crippen LogP contribution in [0.1, 0.15) is 5.56 Å². The molecule has 2 atom stereocenters. The summed E-state index contributed by atoms with van der Waals surface area (Å²) in [7, 11) is 0. The largest absolute Gasteiger partial charge is 0.390 e. The van der Waals surface area contributed by atoms with Crippen LogP contribution in [0.15, 0.2) is 30.3 Å². The van der Waals surface area contributed by atoms with Crippen molar-refractivity contribution in [3.05, 3.63) is 35.9 Å². The average Bonchev–Trinajstić information content (AvgIpc) is 2.18. The van der Waals surface area contributed by atoms with E-state index in [1.807, 2.05) is 30.3 Å². The maximum absolute atomic E-state index is 9.34. The van der Waals surface area contributed by atoms with Gasteiger partial charge in [0.2, 0.25) is 0 Å². The summed E-state index contributed by atoms with van der Waals surface area (Å²) in [6.45, 7) is 0.216. The van der Waals surface area contributed by atoms with Gasteiger partial charge in [-0.2, -0.15) is 0 Å². The second kappa shape index (κ2) is 4.97. The van der Waals surface area contributed by atoms with Crippen LogP contribution in [0.4, 0.5) is 0 Å². The van der Waals surface area contributed by atoms with Gasteiger partial charge in [-0.3, -0.25) is 0 Å². The van der Waals surface area contributed by atoms with E-state index in [4.69, 9.17) is 11.5 Å². The molecule has 3 nitrogen and oxygen atoms in total. The first-order valence-corrected chi connectivity index (χ1v) is 4.41. The molecule has 0 radical (unpaired) electrons. The van der Waals surface area contributed by atoms with E-state index in [1.54, 1.807) is 0 Å².